The Balaban J connectivity index is 1.75. The average Bonchev–Trinajstić information content (AvgIpc) is 2.88. The molecular formula is C17H25N3O. The van der Waals surface area contributed by atoms with Gasteiger partial charge >= 0.3 is 0 Å². The number of amides is 1. The molecule has 1 unspecified atom stereocenters. The van der Waals surface area contributed by atoms with Crippen molar-refractivity contribution in [3.63, 3.8) is 0 Å². The number of rotatable bonds is 7. The largest absolute Gasteiger partial charge is 0.361 e. The summed E-state index contributed by atoms with van der Waals surface area (Å²) in [6.07, 6.45) is 4.35. The topological polar surface area (TPSA) is 70.9 Å². The van der Waals surface area contributed by atoms with Gasteiger partial charge in [0.1, 0.15) is 0 Å². The lowest BCUT2D eigenvalue weighted by molar-refractivity contribution is -0.121. The first-order chi connectivity index (χ1) is 10.1. The molecule has 1 aromatic carbocycles. The van der Waals surface area contributed by atoms with E-state index in [1.54, 1.807) is 0 Å². The Hall–Kier alpha value is -1.81. The standard InChI is InChI=1S/C17H25N3O/c1-12(2)15(18)11-20-17(21)9-5-6-13-10-19-16-8-4-3-7-14(13)16/h3-4,7-8,10,12,15,19H,5-6,9,11,18H2,1-2H3,(H,20,21). The number of nitrogens with two attached hydrogens (primary N) is 1. The number of carbonyl (C=O) groups is 1. The van der Waals surface area contributed by atoms with Crippen molar-refractivity contribution in [1.29, 1.82) is 0 Å². The van der Waals surface area contributed by atoms with Gasteiger partial charge in [-0.2, -0.15) is 0 Å². The first kappa shape index (κ1) is 15.6. The Bertz CT molecular complexity index is 588. The van der Waals surface area contributed by atoms with Crippen molar-refractivity contribution >= 4 is 16.8 Å². The van der Waals surface area contributed by atoms with E-state index in [9.17, 15) is 4.79 Å². The molecule has 1 atom stereocenters. The summed E-state index contributed by atoms with van der Waals surface area (Å²) in [6.45, 7) is 4.69. The van der Waals surface area contributed by atoms with E-state index < -0.39 is 0 Å². The Kier molecular flexibility index (Phi) is 5.39. The van der Waals surface area contributed by atoms with Crippen LogP contribution in [0.15, 0.2) is 30.5 Å². The lowest BCUT2D eigenvalue weighted by Crippen LogP contribution is -2.40. The fourth-order valence-corrected chi connectivity index (χ4v) is 2.33. The van der Waals surface area contributed by atoms with E-state index in [-0.39, 0.29) is 11.9 Å². The summed E-state index contributed by atoms with van der Waals surface area (Å²) in [5.74, 6) is 0.475. The molecule has 4 N–H and O–H groups in total. The third-order valence-corrected chi connectivity index (χ3v) is 3.92. The molecule has 2 rings (SSSR count). The summed E-state index contributed by atoms with van der Waals surface area (Å²) in [6, 6.07) is 8.28. The van der Waals surface area contributed by atoms with E-state index >= 15 is 0 Å². The minimum atomic E-state index is 0.0302. The maximum Gasteiger partial charge on any atom is 0.220 e. The van der Waals surface area contributed by atoms with Crippen molar-refractivity contribution in [2.24, 2.45) is 11.7 Å². The fourth-order valence-electron chi connectivity index (χ4n) is 2.33. The molecule has 2 aromatic rings. The third kappa shape index (κ3) is 4.33. The molecule has 0 saturated heterocycles. The van der Waals surface area contributed by atoms with Crippen molar-refractivity contribution in [1.82, 2.24) is 10.3 Å². The Morgan fingerprint density at radius 1 is 1.33 bits per heavy atom. The van der Waals surface area contributed by atoms with Crippen LogP contribution < -0.4 is 11.1 Å². The van der Waals surface area contributed by atoms with Gasteiger partial charge in [0.05, 0.1) is 0 Å². The highest BCUT2D eigenvalue weighted by Gasteiger charge is 2.09. The zero-order valence-electron chi connectivity index (χ0n) is 12.9. The predicted molar refractivity (Wildman–Crippen MR) is 87.1 cm³/mol. The summed E-state index contributed by atoms with van der Waals surface area (Å²) in [5.41, 5.74) is 8.34. The average molecular weight is 287 g/mol. The molecule has 4 nitrogen and oxygen atoms in total. The molecule has 0 aliphatic rings. The van der Waals surface area contributed by atoms with Gasteiger partial charge in [0, 0.05) is 36.1 Å². The van der Waals surface area contributed by atoms with E-state index in [1.165, 1.54) is 10.9 Å². The highest BCUT2D eigenvalue weighted by Crippen LogP contribution is 2.19. The lowest BCUT2D eigenvalue weighted by atomic mass is 10.1. The van der Waals surface area contributed by atoms with Gasteiger partial charge in [0.2, 0.25) is 5.91 Å². The number of H-pyrrole nitrogens is 1. The number of benzene rings is 1. The Morgan fingerprint density at radius 2 is 2.10 bits per heavy atom. The highest BCUT2D eigenvalue weighted by molar-refractivity contribution is 5.83. The monoisotopic (exact) mass is 287 g/mol. The minimum Gasteiger partial charge on any atom is -0.361 e. The predicted octanol–water partition coefficient (Wildman–Crippen LogP) is 2.59. The summed E-state index contributed by atoms with van der Waals surface area (Å²) in [5, 5.41) is 4.16. The quantitative estimate of drug-likeness (QED) is 0.732. The van der Waals surface area contributed by atoms with Crippen LogP contribution >= 0.6 is 0 Å². The lowest BCUT2D eigenvalue weighted by Gasteiger charge is -2.16. The van der Waals surface area contributed by atoms with Crippen molar-refractivity contribution in [3.8, 4) is 0 Å². The summed E-state index contributed by atoms with van der Waals surface area (Å²) in [7, 11) is 0. The molecule has 0 aliphatic carbocycles. The van der Waals surface area contributed by atoms with Crippen molar-refractivity contribution < 1.29 is 4.79 Å². The number of aryl methyl sites for hydroxylation is 1. The first-order valence-corrected chi connectivity index (χ1v) is 7.65. The number of aromatic amines is 1. The summed E-state index contributed by atoms with van der Waals surface area (Å²) >= 11 is 0. The summed E-state index contributed by atoms with van der Waals surface area (Å²) in [4.78, 5) is 15.0. The third-order valence-electron chi connectivity index (χ3n) is 3.92. The van der Waals surface area contributed by atoms with Gasteiger partial charge in [-0.25, -0.2) is 0 Å². The molecule has 0 radical (unpaired) electrons. The van der Waals surface area contributed by atoms with Crippen LogP contribution in [-0.2, 0) is 11.2 Å². The number of fused-ring (bicyclic) bond motifs is 1. The van der Waals surface area contributed by atoms with Crippen LogP contribution in [0.3, 0.4) is 0 Å². The van der Waals surface area contributed by atoms with E-state index in [0.717, 1.165) is 18.4 Å². The first-order valence-electron chi connectivity index (χ1n) is 7.65. The van der Waals surface area contributed by atoms with Crippen LogP contribution in [0.4, 0.5) is 0 Å². The molecule has 114 valence electrons. The smallest absolute Gasteiger partial charge is 0.220 e. The zero-order valence-corrected chi connectivity index (χ0v) is 12.9. The zero-order chi connectivity index (χ0) is 15.2. The van der Waals surface area contributed by atoms with Crippen molar-refractivity contribution in [3.05, 3.63) is 36.0 Å². The number of aromatic nitrogens is 1. The second kappa shape index (κ2) is 7.27. The molecule has 0 fully saturated rings. The van der Waals surface area contributed by atoms with Crippen LogP contribution in [0.1, 0.15) is 32.3 Å². The van der Waals surface area contributed by atoms with Gasteiger partial charge in [0.15, 0.2) is 0 Å². The SMILES string of the molecule is CC(C)C(N)CNC(=O)CCCc1c[nH]c2ccccc12. The molecule has 0 spiro atoms. The second-order valence-electron chi connectivity index (χ2n) is 5.92. The van der Waals surface area contributed by atoms with Gasteiger partial charge in [-0.1, -0.05) is 32.0 Å². The van der Waals surface area contributed by atoms with Crippen LogP contribution in [0, 0.1) is 5.92 Å². The van der Waals surface area contributed by atoms with Gasteiger partial charge in [0.25, 0.3) is 0 Å². The molecule has 21 heavy (non-hydrogen) atoms. The van der Waals surface area contributed by atoms with Gasteiger partial charge in [-0.3, -0.25) is 4.79 Å². The van der Waals surface area contributed by atoms with Crippen LogP contribution in [0.5, 0.6) is 0 Å². The van der Waals surface area contributed by atoms with Crippen molar-refractivity contribution in [2.75, 3.05) is 6.54 Å². The summed E-state index contributed by atoms with van der Waals surface area (Å²) < 4.78 is 0. The second-order valence-corrected chi connectivity index (χ2v) is 5.92. The van der Waals surface area contributed by atoms with Crippen molar-refractivity contribution in [2.45, 2.75) is 39.2 Å². The van der Waals surface area contributed by atoms with Gasteiger partial charge in [-0.15, -0.1) is 0 Å². The maximum atomic E-state index is 11.8. The Morgan fingerprint density at radius 3 is 2.86 bits per heavy atom. The molecular weight excluding hydrogens is 262 g/mol. The van der Waals surface area contributed by atoms with E-state index in [2.05, 4.69) is 36.3 Å². The fraction of sp³-hybridized carbons (Fsp3) is 0.471. The van der Waals surface area contributed by atoms with Crippen LogP contribution in [0.25, 0.3) is 10.9 Å². The highest BCUT2D eigenvalue weighted by atomic mass is 16.1. The molecule has 0 saturated carbocycles. The number of hydrogen-bond donors (Lipinski definition) is 3. The molecule has 0 bridgehead atoms. The molecule has 1 aromatic heterocycles. The molecule has 1 heterocycles. The van der Waals surface area contributed by atoms with Crippen LogP contribution in [-0.4, -0.2) is 23.5 Å². The van der Waals surface area contributed by atoms with E-state index in [0.29, 0.717) is 18.9 Å². The number of para-hydroxylation sites is 1. The number of carbonyl (C=O) groups excluding carboxylic acids is 1. The van der Waals surface area contributed by atoms with Gasteiger partial charge < -0.3 is 16.0 Å². The molecule has 4 heteroatoms. The normalized spacial score (nSPS) is 12.8. The van der Waals surface area contributed by atoms with E-state index in [1.807, 2.05) is 18.3 Å². The molecule has 1 amide bonds. The van der Waals surface area contributed by atoms with E-state index in [4.69, 9.17) is 5.73 Å². The Labute approximate surface area is 126 Å². The molecule has 0 aliphatic heterocycles. The number of nitrogens with one attached hydrogen (secondary N) is 2. The maximum absolute atomic E-state index is 11.8. The minimum absolute atomic E-state index is 0.0302. The van der Waals surface area contributed by atoms with Gasteiger partial charge in [-0.05, 0) is 30.4 Å². The number of hydrogen-bond acceptors (Lipinski definition) is 2. The van der Waals surface area contributed by atoms with Crippen LogP contribution in [0.2, 0.25) is 0 Å².